The number of rotatable bonds is 10. The highest BCUT2D eigenvalue weighted by Gasteiger charge is 2.21. The number of amides is 1. The summed E-state index contributed by atoms with van der Waals surface area (Å²) in [6, 6.07) is 17.3. The largest absolute Gasteiger partial charge is 0.482 e. The summed E-state index contributed by atoms with van der Waals surface area (Å²) in [5.41, 5.74) is 3.20. The predicted octanol–water partition coefficient (Wildman–Crippen LogP) is 4.13. The fraction of sp³-hybridized carbons (Fsp3) is 0.240. The SMILES string of the molecule is CNc1ncc(I)c(COC(=O)COc2ccc(C)cc2)c1C(=O)NCCc1ccccc1. The molecule has 0 bridgehead atoms. The molecule has 1 heterocycles. The molecule has 0 unspecified atom stereocenters. The third kappa shape index (κ3) is 7.18. The molecule has 1 amide bonds. The molecule has 3 aromatic rings. The lowest BCUT2D eigenvalue weighted by Gasteiger charge is -2.16. The van der Waals surface area contributed by atoms with E-state index in [4.69, 9.17) is 9.47 Å². The number of aryl methyl sites for hydroxylation is 1. The van der Waals surface area contributed by atoms with Gasteiger partial charge in [0.15, 0.2) is 6.61 Å². The number of ether oxygens (including phenoxy) is 2. The van der Waals surface area contributed by atoms with E-state index in [9.17, 15) is 9.59 Å². The maximum absolute atomic E-state index is 13.0. The van der Waals surface area contributed by atoms with Gasteiger partial charge in [-0.15, -0.1) is 0 Å². The fourth-order valence-electron chi connectivity index (χ4n) is 3.13. The van der Waals surface area contributed by atoms with Crippen LogP contribution in [0.1, 0.15) is 27.0 Å². The van der Waals surface area contributed by atoms with Gasteiger partial charge in [-0.1, -0.05) is 48.0 Å². The second-order valence-electron chi connectivity index (χ2n) is 7.31. The van der Waals surface area contributed by atoms with Crippen LogP contribution in [0.5, 0.6) is 5.75 Å². The highest BCUT2D eigenvalue weighted by Crippen LogP contribution is 2.24. The van der Waals surface area contributed by atoms with Crippen molar-refractivity contribution in [2.24, 2.45) is 0 Å². The molecular weight excluding hydrogens is 533 g/mol. The van der Waals surface area contributed by atoms with Gasteiger partial charge in [0.2, 0.25) is 0 Å². The molecule has 2 aromatic carbocycles. The molecule has 0 aliphatic carbocycles. The third-order valence-electron chi connectivity index (χ3n) is 4.89. The average molecular weight is 559 g/mol. The number of halogens is 1. The van der Waals surface area contributed by atoms with Crippen molar-refractivity contribution in [1.29, 1.82) is 0 Å². The predicted molar refractivity (Wildman–Crippen MR) is 135 cm³/mol. The van der Waals surface area contributed by atoms with Crippen molar-refractivity contribution >= 4 is 40.3 Å². The summed E-state index contributed by atoms with van der Waals surface area (Å²) in [5, 5.41) is 5.89. The minimum atomic E-state index is -0.523. The Hall–Kier alpha value is -3.14. The van der Waals surface area contributed by atoms with Gasteiger partial charge >= 0.3 is 5.97 Å². The summed E-state index contributed by atoms with van der Waals surface area (Å²) in [7, 11) is 1.70. The minimum Gasteiger partial charge on any atom is -0.482 e. The zero-order chi connectivity index (χ0) is 23.6. The topological polar surface area (TPSA) is 89.6 Å². The van der Waals surface area contributed by atoms with Crippen molar-refractivity contribution in [3.63, 3.8) is 0 Å². The monoisotopic (exact) mass is 559 g/mol. The first-order chi connectivity index (χ1) is 16.0. The molecule has 0 spiro atoms. The van der Waals surface area contributed by atoms with Gasteiger partial charge in [0.25, 0.3) is 5.91 Å². The van der Waals surface area contributed by atoms with Crippen LogP contribution in [0.4, 0.5) is 5.82 Å². The number of aromatic nitrogens is 1. The number of nitrogens with zero attached hydrogens (tertiary/aromatic N) is 1. The van der Waals surface area contributed by atoms with Gasteiger partial charge in [0, 0.05) is 28.9 Å². The molecule has 1 aromatic heterocycles. The van der Waals surface area contributed by atoms with Crippen LogP contribution in [0.25, 0.3) is 0 Å². The van der Waals surface area contributed by atoms with Crippen LogP contribution in [0.15, 0.2) is 60.8 Å². The second-order valence-corrected chi connectivity index (χ2v) is 8.47. The molecule has 172 valence electrons. The molecule has 0 fully saturated rings. The Morgan fingerprint density at radius 1 is 1.06 bits per heavy atom. The van der Waals surface area contributed by atoms with Crippen LogP contribution in [0, 0.1) is 10.5 Å². The molecular formula is C25H26IN3O4. The van der Waals surface area contributed by atoms with E-state index < -0.39 is 5.97 Å². The molecule has 0 radical (unpaired) electrons. The molecule has 0 aliphatic heterocycles. The Balaban J connectivity index is 1.63. The molecule has 0 aliphatic rings. The van der Waals surface area contributed by atoms with Gasteiger partial charge in [-0.2, -0.15) is 0 Å². The highest BCUT2D eigenvalue weighted by atomic mass is 127. The average Bonchev–Trinajstić information content (AvgIpc) is 2.83. The maximum atomic E-state index is 13.0. The van der Waals surface area contributed by atoms with Crippen molar-refractivity contribution in [1.82, 2.24) is 10.3 Å². The lowest BCUT2D eigenvalue weighted by Crippen LogP contribution is -2.28. The summed E-state index contributed by atoms with van der Waals surface area (Å²) in [6.45, 7) is 2.17. The summed E-state index contributed by atoms with van der Waals surface area (Å²) >= 11 is 2.09. The fourth-order valence-corrected chi connectivity index (χ4v) is 3.69. The first-order valence-electron chi connectivity index (χ1n) is 10.5. The summed E-state index contributed by atoms with van der Waals surface area (Å²) in [4.78, 5) is 29.6. The first kappa shape index (κ1) is 24.5. The van der Waals surface area contributed by atoms with E-state index in [1.165, 1.54) is 0 Å². The first-order valence-corrected chi connectivity index (χ1v) is 11.6. The number of carbonyl (C=O) groups excluding carboxylic acids is 2. The third-order valence-corrected chi connectivity index (χ3v) is 5.82. The quantitative estimate of drug-likeness (QED) is 0.287. The van der Waals surface area contributed by atoms with E-state index in [1.54, 1.807) is 25.4 Å². The van der Waals surface area contributed by atoms with Crippen molar-refractivity contribution in [2.45, 2.75) is 20.0 Å². The Bertz CT molecular complexity index is 1090. The van der Waals surface area contributed by atoms with Gasteiger partial charge in [-0.25, -0.2) is 9.78 Å². The summed E-state index contributed by atoms with van der Waals surface area (Å²) < 4.78 is 11.6. The summed E-state index contributed by atoms with van der Waals surface area (Å²) in [5.74, 6) is 0.217. The Kier molecular flexibility index (Phi) is 9.05. The van der Waals surface area contributed by atoms with Crippen LogP contribution in [0.3, 0.4) is 0 Å². The number of esters is 1. The van der Waals surface area contributed by atoms with Gasteiger partial charge in [-0.05, 0) is 53.6 Å². The van der Waals surface area contributed by atoms with Gasteiger partial charge in [-0.3, -0.25) is 4.79 Å². The standard InChI is InChI=1S/C25H26IN3O4/c1-17-8-10-19(11-9-17)32-16-22(30)33-15-20-21(26)14-29-24(27-2)23(20)25(31)28-13-12-18-6-4-3-5-7-18/h3-11,14H,12-13,15-16H2,1-2H3,(H,27,29)(H,28,31). The zero-order valence-electron chi connectivity index (χ0n) is 18.6. The highest BCUT2D eigenvalue weighted by molar-refractivity contribution is 14.1. The zero-order valence-corrected chi connectivity index (χ0v) is 20.7. The Labute approximate surface area is 207 Å². The molecule has 2 N–H and O–H groups in total. The van der Waals surface area contributed by atoms with Crippen molar-refractivity contribution in [3.8, 4) is 5.75 Å². The second kappa shape index (κ2) is 12.2. The molecule has 0 saturated carbocycles. The normalized spacial score (nSPS) is 10.4. The number of pyridine rings is 1. The summed E-state index contributed by atoms with van der Waals surface area (Å²) in [6.07, 6.45) is 2.35. The lowest BCUT2D eigenvalue weighted by atomic mass is 10.1. The Morgan fingerprint density at radius 2 is 1.79 bits per heavy atom. The maximum Gasteiger partial charge on any atom is 0.344 e. The number of carbonyl (C=O) groups is 2. The van der Waals surface area contributed by atoms with Crippen LogP contribution in [-0.2, 0) is 22.6 Å². The molecule has 7 nitrogen and oxygen atoms in total. The van der Waals surface area contributed by atoms with Crippen molar-refractivity contribution < 1.29 is 19.1 Å². The number of hydrogen-bond acceptors (Lipinski definition) is 6. The van der Waals surface area contributed by atoms with E-state index in [1.807, 2.05) is 49.4 Å². The lowest BCUT2D eigenvalue weighted by molar-refractivity contribution is -0.147. The van der Waals surface area contributed by atoms with E-state index in [0.29, 0.717) is 35.7 Å². The van der Waals surface area contributed by atoms with E-state index in [0.717, 1.165) is 14.7 Å². The van der Waals surface area contributed by atoms with Gasteiger partial charge in [0.05, 0.1) is 5.56 Å². The number of hydrogen-bond donors (Lipinski definition) is 2. The van der Waals surface area contributed by atoms with Crippen LogP contribution >= 0.6 is 22.6 Å². The molecule has 33 heavy (non-hydrogen) atoms. The van der Waals surface area contributed by atoms with Crippen LogP contribution in [-0.4, -0.2) is 37.1 Å². The minimum absolute atomic E-state index is 0.0625. The Morgan fingerprint density at radius 3 is 2.48 bits per heavy atom. The van der Waals surface area contributed by atoms with Gasteiger partial charge < -0.3 is 20.1 Å². The van der Waals surface area contributed by atoms with Crippen molar-refractivity contribution in [2.75, 3.05) is 25.5 Å². The molecule has 3 rings (SSSR count). The van der Waals surface area contributed by atoms with E-state index in [-0.39, 0.29) is 19.1 Å². The number of benzene rings is 2. The number of anilines is 1. The molecule has 8 heteroatoms. The van der Waals surface area contributed by atoms with E-state index >= 15 is 0 Å². The van der Waals surface area contributed by atoms with Crippen LogP contribution in [0.2, 0.25) is 0 Å². The molecule has 0 saturated heterocycles. The molecule has 0 atom stereocenters. The van der Waals surface area contributed by atoms with E-state index in [2.05, 4.69) is 38.2 Å². The van der Waals surface area contributed by atoms with Crippen LogP contribution < -0.4 is 15.4 Å². The van der Waals surface area contributed by atoms with Crippen molar-refractivity contribution in [3.05, 3.63) is 86.6 Å². The number of nitrogens with one attached hydrogen (secondary N) is 2. The van der Waals surface area contributed by atoms with Gasteiger partial charge in [0.1, 0.15) is 18.2 Å². The smallest absolute Gasteiger partial charge is 0.344 e.